The molecule has 4 aromatic rings. The number of carbonyl (C=O) groups is 1. The second-order valence-corrected chi connectivity index (χ2v) is 10.1. The van der Waals surface area contributed by atoms with Crippen LogP contribution in [0.3, 0.4) is 0 Å². The van der Waals surface area contributed by atoms with Gasteiger partial charge in [0, 0.05) is 13.8 Å². The van der Waals surface area contributed by atoms with Crippen LogP contribution in [0.1, 0.15) is 38.3 Å². The molecule has 8 heteroatoms. The highest BCUT2D eigenvalue weighted by Gasteiger charge is 2.45. The molecule has 3 heterocycles. The number of anilines is 1. The molecular weight excluding hydrogens is 532 g/mol. The second kappa shape index (κ2) is 7.14. The number of hydrogen-bond acceptors (Lipinski definition) is 5. The molecule has 1 aliphatic rings. The van der Waals surface area contributed by atoms with E-state index in [1.165, 1.54) is 11.3 Å². The normalized spacial score (nSPS) is 15.8. The van der Waals surface area contributed by atoms with Crippen molar-refractivity contribution < 1.29 is 9.21 Å². The zero-order chi connectivity index (χ0) is 21.2. The number of carbonyl (C=O) groups excluding carboxylic acids is 1. The summed E-state index contributed by atoms with van der Waals surface area (Å²) in [5.74, 6) is -0.276. The lowest BCUT2D eigenvalue weighted by Crippen LogP contribution is -2.29. The molecule has 0 saturated heterocycles. The van der Waals surface area contributed by atoms with Gasteiger partial charge in [0.2, 0.25) is 5.76 Å². The average Bonchev–Trinajstić information content (AvgIpc) is 3.20. The Balaban J connectivity index is 1.82. The van der Waals surface area contributed by atoms with Crippen LogP contribution in [0, 0.1) is 13.8 Å². The molecule has 5 rings (SSSR count). The lowest BCUT2D eigenvalue weighted by Gasteiger charge is -2.22. The molecular formula is C22H14Br2N2O3S. The standard InChI is InChI=1S/C22H14Br2N2O3S/c1-10-11(2)30-22(25-10)26-18(12-3-5-13(23)6-4-12)17-19(27)15-9-14(24)7-8-16(15)29-20(17)21(26)28/h3-9,18H,1-2H3. The topological polar surface area (TPSA) is 63.4 Å². The SMILES string of the molecule is Cc1nc(N2C(=O)c3oc4ccc(Br)cc4c(=O)c3C2c2ccc(Br)cc2)sc1C. The molecule has 0 N–H and O–H groups in total. The van der Waals surface area contributed by atoms with E-state index in [0.29, 0.717) is 21.7 Å². The number of aryl methyl sites for hydroxylation is 2. The maximum Gasteiger partial charge on any atom is 0.297 e. The van der Waals surface area contributed by atoms with Crippen molar-refractivity contribution in [2.75, 3.05) is 4.90 Å². The summed E-state index contributed by atoms with van der Waals surface area (Å²) in [4.78, 5) is 34.2. The summed E-state index contributed by atoms with van der Waals surface area (Å²) < 4.78 is 7.66. The molecule has 1 amide bonds. The first-order valence-electron chi connectivity index (χ1n) is 9.14. The Kier molecular flexibility index (Phi) is 4.68. The van der Waals surface area contributed by atoms with E-state index in [9.17, 15) is 9.59 Å². The first-order valence-corrected chi connectivity index (χ1v) is 11.5. The second-order valence-electron chi connectivity index (χ2n) is 7.08. The zero-order valence-electron chi connectivity index (χ0n) is 15.9. The fourth-order valence-electron chi connectivity index (χ4n) is 3.66. The van der Waals surface area contributed by atoms with Crippen LogP contribution in [-0.2, 0) is 0 Å². The highest BCUT2D eigenvalue weighted by atomic mass is 79.9. The first-order chi connectivity index (χ1) is 14.3. The van der Waals surface area contributed by atoms with Crippen molar-refractivity contribution >= 4 is 65.2 Å². The molecule has 0 spiro atoms. The van der Waals surface area contributed by atoms with Gasteiger partial charge in [-0.2, -0.15) is 0 Å². The van der Waals surface area contributed by atoms with Crippen molar-refractivity contribution in [2.24, 2.45) is 0 Å². The van der Waals surface area contributed by atoms with E-state index in [4.69, 9.17) is 4.42 Å². The molecule has 5 nitrogen and oxygen atoms in total. The summed E-state index contributed by atoms with van der Waals surface area (Å²) in [7, 11) is 0. The van der Waals surface area contributed by atoms with Crippen molar-refractivity contribution in [3.8, 4) is 0 Å². The predicted octanol–water partition coefficient (Wildman–Crippen LogP) is 6.14. The van der Waals surface area contributed by atoms with Crippen LogP contribution in [0.25, 0.3) is 11.0 Å². The fourth-order valence-corrected chi connectivity index (χ4v) is 5.22. The summed E-state index contributed by atoms with van der Waals surface area (Å²) in [6, 6.07) is 12.2. The Morgan fingerprint density at radius 1 is 1.03 bits per heavy atom. The zero-order valence-corrected chi connectivity index (χ0v) is 19.9. The molecule has 30 heavy (non-hydrogen) atoms. The number of fused-ring (bicyclic) bond motifs is 2. The van der Waals surface area contributed by atoms with E-state index in [1.807, 2.05) is 38.1 Å². The summed E-state index contributed by atoms with van der Waals surface area (Å²) in [6.07, 6.45) is 0. The number of thiazole rings is 1. The van der Waals surface area contributed by atoms with E-state index >= 15 is 0 Å². The predicted molar refractivity (Wildman–Crippen MR) is 125 cm³/mol. The van der Waals surface area contributed by atoms with E-state index in [-0.39, 0.29) is 17.1 Å². The third-order valence-electron chi connectivity index (χ3n) is 5.24. The van der Waals surface area contributed by atoms with Gasteiger partial charge in [0.25, 0.3) is 5.91 Å². The Labute approximate surface area is 192 Å². The number of aromatic nitrogens is 1. The van der Waals surface area contributed by atoms with Crippen molar-refractivity contribution in [3.05, 3.63) is 89.1 Å². The van der Waals surface area contributed by atoms with E-state index in [0.717, 1.165) is 25.1 Å². The van der Waals surface area contributed by atoms with Crippen molar-refractivity contribution in [3.63, 3.8) is 0 Å². The lowest BCUT2D eigenvalue weighted by atomic mass is 9.99. The first kappa shape index (κ1) is 19.7. The molecule has 2 aromatic heterocycles. The van der Waals surface area contributed by atoms with Crippen LogP contribution < -0.4 is 10.3 Å². The molecule has 2 aromatic carbocycles. The quantitative estimate of drug-likeness (QED) is 0.303. The van der Waals surface area contributed by atoms with Gasteiger partial charge in [0.15, 0.2) is 10.6 Å². The number of benzene rings is 2. The molecule has 0 bridgehead atoms. The Hall–Kier alpha value is -2.29. The minimum Gasteiger partial charge on any atom is -0.450 e. The van der Waals surface area contributed by atoms with Crippen LogP contribution in [0.5, 0.6) is 0 Å². The van der Waals surface area contributed by atoms with Gasteiger partial charge >= 0.3 is 0 Å². The highest BCUT2D eigenvalue weighted by molar-refractivity contribution is 9.10. The highest BCUT2D eigenvalue weighted by Crippen LogP contribution is 2.43. The molecule has 0 aliphatic carbocycles. The van der Waals surface area contributed by atoms with Crippen LogP contribution in [0.2, 0.25) is 0 Å². The molecule has 1 unspecified atom stereocenters. The van der Waals surface area contributed by atoms with Gasteiger partial charge in [-0.25, -0.2) is 4.98 Å². The maximum atomic E-state index is 13.5. The smallest absolute Gasteiger partial charge is 0.297 e. The Bertz CT molecular complexity index is 1370. The van der Waals surface area contributed by atoms with Crippen LogP contribution in [0.4, 0.5) is 5.13 Å². The molecule has 1 aliphatic heterocycles. The molecule has 0 saturated carbocycles. The fraction of sp³-hybridized carbons (Fsp3) is 0.136. The summed E-state index contributed by atoms with van der Waals surface area (Å²) in [5.41, 5.74) is 2.21. The van der Waals surface area contributed by atoms with E-state index in [1.54, 1.807) is 23.1 Å². The number of hydrogen-bond donors (Lipinski definition) is 0. The number of nitrogens with zero attached hydrogens (tertiary/aromatic N) is 2. The minimum absolute atomic E-state index is 0.0771. The maximum absolute atomic E-state index is 13.5. The molecule has 0 fully saturated rings. The number of halogens is 2. The van der Waals surface area contributed by atoms with Crippen molar-refractivity contribution in [1.82, 2.24) is 4.98 Å². The average molecular weight is 546 g/mol. The third kappa shape index (κ3) is 2.97. The van der Waals surface area contributed by atoms with Crippen LogP contribution in [-0.4, -0.2) is 10.9 Å². The molecule has 150 valence electrons. The third-order valence-corrected chi connectivity index (χ3v) is 7.34. The van der Waals surface area contributed by atoms with Crippen LogP contribution >= 0.6 is 43.2 Å². The number of rotatable bonds is 2. The Morgan fingerprint density at radius 3 is 2.40 bits per heavy atom. The van der Waals surface area contributed by atoms with Gasteiger partial charge in [-0.15, -0.1) is 11.3 Å². The van der Waals surface area contributed by atoms with Crippen molar-refractivity contribution in [1.29, 1.82) is 0 Å². The van der Waals surface area contributed by atoms with Gasteiger partial charge in [-0.1, -0.05) is 44.0 Å². The molecule has 0 radical (unpaired) electrons. The number of amides is 1. The van der Waals surface area contributed by atoms with Gasteiger partial charge in [0.1, 0.15) is 5.58 Å². The minimum atomic E-state index is -0.606. The monoisotopic (exact) mass is 544 g/mol. The van der Waals surface area contributed by atoms with E-state index in [2.05, 4.69) is 36.8 Å². The van der Waals surface area contributed by atoms with Crippen LogP contribution in [0.15, 0.2) is 60.6 Å². The van der Waals surface area contributed by atoms with Crippen molar-refractivity contribution in [2.45, 2.75) is 19.9 Å². The molecule has 1 atom stereocenters. The summed E-state index contributed by atoms with van der Waals surface area (Å²) in [5, 5.41) is 0.991. The van der Waals surface area contributed by atoms with Gasteiger partial charge in [-0.05, 0) is 49.7 Å². The Morgan fingerprint density at radius 2 is 1.73 bits per heavy atom. The van der Waals surface area contributed by atoms with Gasteiger partial charge < -0.3 is 4.42 Å². The van der Waals surface area contributed by atoms with Gasteiger partial charge in [0.05, 0.1) is 22.7 Å². The lowest BCUT2D eigenvalue weighted by molar-refractivity contribution is 0.0971. The largest absolute Gasteiger partial charge is 0.450 e. The van der Waals surface area contributed by atoms with Gasteiger partial charge in [-0.3, -0.25) is 14.5 Å². The summed E-state index contributed by atoms with van der Waals surface area (Å²) >= 11 is 8.30. The summed E-state index contributed by atoms with van der Waals surface area (Å²) in [6.45, 7) is 3.88. The van der Waals surface area contributed by atoms with E-state index < -0.39 is 6.04 Å².